The monoisotopic (exact) mass is 329 g/mol. The van der Waals surface area contributed by atoms with E-state index in [2.05, 4.69) is 28.7 Å². The molecule has 6 heteroatoms. The average Bonchev–Trinajstić information content (AvgIpc) is 3.01. The van der Waals surface area contributed by atoms with Gasteiger partial charge in [0, 0.05) is 17.3 Å². The summed E-state index contributed by atoms with van der Waals surface area (Å²) in [6.07, 6.45) is 0.742. The normalized spacial score (nSPS) is 13.5. The van der Waals surface area contributed by atoms with Crippen LogP contribution in [0, 0.1) is 0 Å². The third kappa shape index (κ3) is 3.14. The molecule has 0 amide bonds. The van der Waals surface area contributed by atoms with Crippen LogP contribution in [0.4, 0.5) is 0 Å². The lowest BCUT2D eigenvalue weighted by Gasteiger charge is -2.36. The number of aromatic amines is 1. The van der Waals surface area contributed by atoms with Crippen LogP contribution in [0.25, 0.3) is 0 Å². The highest BCUT2D eigenvalue weighted by Gasteiger charge is 2.28. The number of ether oxygens (including phenoxy) is 2. The Hall–Kier alpha value is -2.34. The van der Waals surface area contributed by atoms with E-state index in [9.17, 15) is 4.79 Å². The van der Waals surface area contributed by atoms with Crippen molar-refractivity contribution in [2.45, 2.75) is 39.3 Å². The maximum atomic E-state index is 11.8. The molecule has 0 radical (unpaired) electrons. The zero-order valence-electron chi connectivity index (χ0n) is 14.5. The minimum atomic E-state index is -0.262. The molecule has 0 aliphatic carbocycles. The first kappa shape index (κ1) is 16.5. The lowest BCUT2D eigenvalue weighted by atomic mass is 9.92. The molecule has 0 atom stereocenters. The van der Waals surface area contributed by atoms with E-state index in [0.29, 0.717) is 12.4 Å². The first-order chi connectivity index (χ1) is 11.4. The SMILES string of the molecule is CCc1cc(=O)[nH]c(CN(C)C(C)(C)c2ccc3c(c2)OCO3)n1. The molecular formula is C18H23N3O3. The predicted octanol–water partition coefficient (Wildman–Crippen LogP) is 2.43. The van der Waals surface area contributed by atoms with Crippen molar-refractivity contribution in [2.24, 2.45) is 0 Å². The maximum Gasteiger partial charge on any atom is 0.251 e. The Bertz CT molecular complexity index is 798. The maximum absolute atomic E-state index is 11.8. The molecule has 1 aromatic heterocycles. The summed E-state index contributed by atoms with van der Waals surface area (Å²) in [4.78, 5) is 21.2. The highest BCUT2D eigenvalue weighted by atomic mass is 16.7. The molecular weight excluding hydrogens is 306 g/mol. The van der Waals surface area contributed by atoms with Gasteiger partial charge in [-0.1, -0.05) is 13.0 Å². The smallest absolute Gasteiger partial charge is 0.251 e. The molecule has 3 rings (SSSR count). The van der Waals surface area contributed by atoms with Gasteiger partial charge in [-0.15, -0.1) is 0 Å². The van der Waals surface area contributed by atoms with Crippen molar-refractivity contribution < 1.29 is 9.47 Å². The van der Waals surface area contributed by atoms with E-state index in [1.165, 1.54) is 0 Å². The number of fused-ring (bicyclic) bond motifs is 1. The Kier molecular flexibility index (Phi) is 4.32. The van der Waals surface area contributed by atoms with Crippen molar-refractivity contribution in [2.75, 3.05) is 13.8 Å². The number of nitrogens with zero attached hydrogens (tertiary/aromatic N) is 2. The molecule has 24 heavy (non-hydrogen) atoms. The number of rotatable bonds is 5. The largest absolute Gasteiger partial charge is 0.454 e. The zero-order chi connectivity index (χ0) is 17.3. The molecule has 1 aliphatic heterocycles. The number of benzene rings is 1. The fraction of sp³-hybridized carbons (Fsp3) is 0.444. The van der Waals surface area contributed by atoms with E-state index >= 15 is 0 Å². The summed E-state index contributed by atoms with van der Waals surface area (Å²) in [6.45, 7) is 7.07. The Labute approximate surface area is 141 Å². The topological polar surface area (TPSA) is 67.5 Å². The van der Waals surface area contributed by atoms with Gasteiger partial charge in [0.15, 0.2) is 11.5 Å². The number of aromatic nitrogens is 2. The fourth-order valence-corrected chi connectivity index (χ4v) is 2.74. The van der Waals surface area contributed by atoms with E-state index in [1.54, 1.807) is 6.07 Å². The van der Waals surface area contributed by atoms with Crippen LogP contribution in [-0.4, -0.2) is 28.7 Å². The molecule has 2 aromatic rings. The van der Waals surface area contributed by atoms with Crippen LogP contribution in [0.2, 0.25) is 0 Å². The van der Waals surface area contributed by atoms with Crippen molar-refractivity contribution in [1.82, 2.24) is 14.9 Å². The summed E-state index contributed by atoms with van der Waals surface area (Å²) in [5.41, 5.74) is 1.55. The Morgan fingerprint density at radius 3 is 2.75 bits per heavy atom. The van der Waals surface area contributed by atoms with E-state index in [0.717, 1.165) is 29.2 Å². The van der Waals surface area contributed by atoms with E-state index in [1.807, 2.05) is 32.2 Å². The van der Waals surface area contributed by atoms with Crippen LogP contribution in [0.3, 0.4) is 0 Å². The molecule has 0 unspecified atom stereocenters. The highest BCUT2D eigenvalue weighted by molar-refractivity contribution is 5.46. The van der Waals surface area contributed by atoms with Gasteiger partial charge in [-0.05, 0) is 45.0 Å². The Morgan fingerprint density at radius 1 is 1.25 bits per heavy atom. The fourth-order valence-electron chi connectivity index (χ4n) is 2.74. The molecule has 1 aromatic carbocycles. The first-order valence-electron chi connectivity index (χ1n) is 8.10. The van der Waals surface area contributed by atoms with Crippen LogP contribution in [-0.2, 0) is 18.5 Å². The van der Waals surface area contributed by atoms with Gasteiger partial charge in [0.05, 0.1) is 6.54 Å². The van der Waals surface area contributed by atoms with E-state index in [4.69, 9.17) is 9.47 Å². The molecule has 6 nitrogen and oxygen atoms in total. The molecule has 0 fully saturated rings. The molecule has 0 bridgehead atoms. The number of aryl methyl sites for hydroxylation is 1. The number of nitrogens with one attached hydrogen (secondary N) is 1. The Balaban J connectivity index is 1.84. The second-order valence-corrected chi connectivity index (χ2v) is 6.52. The summed E-state index contributed by atoms with van der Waals surface area (Å²) >= 11 is 0. The van der Waals surface area contributed by atoms with Crippen LogP contribution in [0.5, 0.6) is 11.5 Å². The lowest BCUT2D eigenvalue weighted by molar-refractivity contribution is 0.143. The third-order valence-corrected chi connectivity index (χ3v) is 4.63. The Morgan fingerprint density at radius 2 is 2.00 bits per heavy atom. The first-order valence-corrected chi connectivity index (χ1v) is 8.10. The second-order valence-electron chi connectivity index (χ2n) is 6.52. The van der Waals surface area contributed by atoms with Crippen molar-refractivity contribution >= 4 is 0 Å². The van der Waals surface area contributed by atoms with Gasteiger partial charge in [-0.25, -0.2) is 4.98 Å². The highest BCUT2D eigenvalue weighted by Crippen LogP contribution is 2.37. The van der Waals surface area contributed by atoms with Gasteiger partial charge in [0.2, 0.25) is 6.79 Å². The second kappa shape index (κ2) is 6.28. The number of hydrogen-bond donors (Lipinski definition) is 1. The van der Waals surface area contributed by atoms with Gasteiger partial charge in [0.1, 0.15) is 5.82 Å². The summed E-state index contributed by atoms with van der Waals surface area (Å²) < 4.78 is 10.9. The van der Waals surface area contributed by atoms with Gasteiger partial charge < -0.3 is 14.5 Å². The predicted molar refractivity (Wildman–Crippen MR) is 91.3 cm³/mol. The van der Waals surface area contributed by atoms with Crippen molar-refractivity contribution in [3.63, 3.8) is 0 Å². The average molecular weight is 329 g/mol. The van der Waals surface area contributed by atoms with Gasteiger partial charge >= 0.3 is 0 Å². The van der Waals surface area contributed by atoms with E-state index < -0.39 is 0 Å². The molecule has 0 saturated heterocycles. The van der Waals surface area contributed by atoms with Crippen molar-refractivity contribution in [1.29, 1.82) is 0 Å². The molecule has 0 saturated carbocycles. The van der Waals surface area contributed by atoms with Gasteiger partial charge in [0.25, 0.3) is 5.56 Å². The van der Waals surface area contributed by atoms with E-state index in [-0.39, 0.29) is 17.9 Å². The lowest BCUT2D eigenvalue weighted by Crippen LogP contribution is -2.38. The summed E-state index contributed by atoms with van der Waals surface area (Å²) in [7, 11) is 2.02. The minimum absolute atomic E-state index is 0.105. The molecule has 1 aliphatic rings. The standard InChI is InChI=1S/C18H23N3O3/c1-5-13-9-17(22)20-16(19-13)10-21(4)18(2,3)12-6-7-14-15(8-12)24-11-23-14/h6-9H,5,10-11H2,1-4H3,(H,19,20,22). The molecule has 128 valence electrons. The van der Waals surface area contributed by atoms with Crippen molar-refractivity contribution in [3.05, 3.63) is 51.7 Å². The van der Waals surface area contributed by atoms with Gasteiger partial charge in [-0.3, -0.25) is 9.69 Å². The molecule has 2 heterocycles. The summed E-state index contributed by atoms with van der Waals surface area (Å²) in [6, 6.07) is 7.54. The minimum Gasteiger partial charge on any atom is -0.454 e. The third-order valence-electron chi connectivity index (χ3n) is 4.63. The zero-order valence-corrected chi connectivity index (χ0v) is 14.5. The van der Waals surface area contributed by atoms with Gasteiger partial charge in [-0.2, -0.15) is 0 Å². The number of H-pyrrole nitrogens is 1. The van der Waals surface area contributed by atoms with Crippen molar-refractivity contribution in [3.8, 4) is 11.5 Å². The molecule has 0 spiro atoms. The van der Waals surface area contributed by atoms with Crippen LogP contribution in [0.1, 0.15) is 37.9 Å². The van der Waals surface area contributed by atoms with Crippen LogP contribution < -0.4 is 15.0 Å². The summed E-state index contributed by atoms with van der Waals surface area (Å²) in [5.74, 6) is 2.23. The summed E-state index contributed by atoms with van der Waals surface area (Å²) in [5, 5.41) is 0. The quantitative estimate of drug-likeness (QED) is 0.912. The van der Waals surface area contributed by atoms with Crippen LogP contribution >= 0.6 is 0 Å². The number of hydrogen-bond acceptors (Lipinski definition) is 5. The molecule has 1 N–H and O–H groups in total. The van der Waals surface area contributed by atoms with Crippen LogP contribution in [0.15, 0.2) is 29.1 Å².